The maximum absolute atomic E-state index is 12.6. The lowest BCUT2D eigenvalue weighted by Gasteiger charge is -2.13. The Morgan fingerprint density at radius 1 is 1.45 bits per heavy atom. The van der Waals surface area contributed by atoms with E-state index in [-0.39, 0.29) is 11.5 Å². The van der Waals surface area contributed by atoms with Gasteiger partial charge in [0.1, 0.15) is 0 Å². The van der Waals surface area contributed by atoms with E-state index in [1.807, 2.05) is 13.2 Å². The Kier molecular flexibility index (Phi) is 6.39. The van der Waals surface area contributed by atoms with E-state index in [0.717, 1.165) is 17.9 Å². The van der Waals surface area contributed by atoms with Crippen molar-refractivity contribution in [2.75, 3.05) is 18.6 Å². The normalized spacial score (nSPS) is 13.1. The first-order chi connectivity index (χ1) is 9.25. The molecule has 0 bridgehead atoms. The first-order valence-electron chi connectivity index (χ1n) is 5.89. The SMILES string of the molecule is CSCC(C)CNC(=O)c1cc(C(F)(F)F)ccc1Br. The highest BCUT2D eigenvalue weighted by molar-refractivity contribution is 9.10. The molecule has 0 aromatic heterocycles. The first-order valence-corrected chi connectivity index (χ1v) is 8.08. The van der Waals surface area contributed by atoms with Crippen molar-refractivity contribution in [3.63, 3.8) is 0 Å². The summed E-state index contributed by atoms with van der Waals surface area (Å²) < 4.78 is 38.2. The van der Waals surface area contributed by atoms with E-state index in [9.17, 15) is 18.0 Å². The average molecular weight is 370 g/mol. The Labute approximate surface area is 128 Å². The van der Waals surface area contributed by atoms with Gasteiger partial charge in [-0.2, -0.15) is 24.9 Å². The minimum atomic E-state index is -4.46. The van der Waals surface area contributed by atoms with Gasteiger partial charge in [-0.25, -0.2) is 0 Å². The minimum Gasteiger partial charge on any atom is -0.352 e. The summed E-state index contributed by atoms with van der Waals surface area (Å²) in [7, 11) is 0. The number of hydrogen-bond acceptors (Lipinski definition) is 2. The summed E-state index contributed by atoms with van der Waals surface area (Å²) in [4.78, 5) is 11.9. The van der Waals surface area contributed by atoms with Gasteiger partial charge >= 0.3 is 6.18 Å². The van der Waals surface area contributed by atoms with E-state index in [1.54, 1.807) is 11.8 Å². The molecular formula is C13H15BrF3NOS. The number of benzene rings is 1. The largest absolute Gasteiger partial charge is 0.416 e. The van der Waals surface area contributed by atoms with Crippen LogP contribution in [0.3, 0.4) is 0 Å². The lowest BCUT2D eigenvalue weighted by atomic mass is 10.1. The molecule has 112 valence electrons. The van der Waals surface area contributed by atoms with E-state index in [1.165, 1.54) is 6.07 Å². The molecule has 0 saturated heterocycles. The number of nitrogens with one attached hydrogen (secondary N) is 1. The third-order valence-electron chi connectivity index (χ3n) is 2.60. The smallest absolute Gasteiger partial charge is 0.352 e. The van der Waals surface area contributed by atoms with Crippen molar-refractivity contribution < 1.29 is 18.0 Å². The number of rotatable bonds is 5. The summed E-state index contributed by atoms with van der Waals surface area (Å²) in [6.45, 7) is 2.40. The number of carbonyl (C=O) groups excluding carboxylic acids is 1. The van der Waals surface area contributed by atoms with Crippen LogP contribution in [0.5, 0.6) is 0 Å². The van der Waals surface area contributed by atoms with Crippen LogP contribution in [0.25, 0.3) is 0 Å². The molecule has 1 unspecified atom stereocenters. The molecule has 0 radical (unpaired) electrons. The Hall–Kier alpha value is -0.690. The van der Waals surface area contributed by atoms with Crippen LogP contribution in [-0.2, 0) is 6.18 Å². The average Bonchev–Trinajstić information content (AvgIpc) is 2.35. The second kappa shape index (κ2) is 7.36. The third-order valence-corrected chi connectivity index (χ3v) is 4.19. The van der Waals surface area contributed by atoms with Crippen LogP contribution >= 0.6 is 27.7 Å². The van der Waals surface area contributed by atoms with Gasteiger partial charge in [0.15, 0.2) is 0 Å². The zero-order valence-electron chi connectivity index (χ0n) is 11.1. The van der Waals surface area contributed by atoms with Crippen molar-refractivity contribution >= 4 is 33.6 Å². The molecule has 0 saturated carbocycles. The molecule has 1 N–H and O–H groups in total. The van der Waals surface area contributed by atoms with Gasteiger partial charge in [0.05, 0.1) is 11.1 Å². The number of amides is 1. The van der Waals surface area contributed by atoms with E-state index < -0.39 is 17.6 Å². The highest BCUT2D eigenvalue weighted by atomic mass is 79.9. The monoisotopic (exact) mass is 369 g/mol. The van der Waals surface area contributed by atoms with Crippen LogP contribution in [-0.4, -0.2) is 24.5 Å². The zero-order valence-corrected chi connectivity index (χ0v) is 13.5. The highest BCUT2D eigenvalue weighted by Crippen LogP contribution is 2.31. The molecule has 1 aromatic rings. The van der Waals surface area contributed by atoms with Gasteiger partial charge in [0.25, 0.3) is 5.91 Å². The summed E-state index contributed by atoms with van der Waals surface area (Å²) in [5.41, 5.74) is -0.834. The van der Waals surface area contributed by atoms with Gasteiger partial charge < -0.3 is 5.32 Å². The van der Waals surface area contributed by atoms with Crippen LogP contribution in [0, 0.1) is 5.92 Å². The van der Waals surface area contributed by atoms with Gasteiger partial charge in [-0.3, -0.25) is 4.79 Å². The number of carbonyl (C=O) groups is 1. The molecule has 1 atom stereocenters. The number of alkyl halides is 3. The van der Waals surface area contributed by atoms with Crippen molar-refractivity contribution in [3.8, 4) is 0 Å². The molecule has 0 aliphatic rings. The summed E-state index contributed by atoms with van der Waals surface area (Å²) >= 11 is 4.76. The van der Waals surface area contributed by atoms with E-state index in [4.69, 9.17) is 0 Å². The van der Waals surface area contributed by atoms with Gasteiger partial charge in [-0.1, -0.05) is 6.92 Å². The summed E-state index contributed by atoms with van der Waals surface area (Å²) in [6.07, 6.45) is -2.50. The Bertz CT molecular complexity index is 479. The quantitative estimate of drug-likeness (QED) is 0.842. The maximum atomic E-state index is 12.6. The van der Waals surface area contributed by atoms with Gasteiger partial charge in [0, 0.05) is 11.0 Å². The van der Waals surface area contributed by atoms with Gasteiger partial charge in [0.2, 0.25) is 0 Å². The summed E-state index contributed by atoms with van der Waals surface area (Å²) in [5.74, 6) is 0.638. The molecule has 0 fully saturated rings. The van der Waals surface area contributed by atoms with Crippen molar-refractivity contribution in [2.24, 2.45) is 5.92 Å². The maximum Gasteiger partial charge on any atom is 0.416 e. The second-order valence-electron chi connectivity index (χ2n) is 4.46. The molecule has 0 aliphatic carbocycles. The predicted molar refractivity (Wildman–Crippen MR) is 79.0 cm³/mol. The number of thioether (sulfide) groups is 1. The predicted octanol–water partition coefficient (Wildman–Crippen LogP) is 4.20. The number of hydrogen-bond donors (Lipinski definition) is 1. The van der Waals surface area contributed by atoms with E-state index in [2.05, 4.69) is 21.2 Å². The van der Waals surface area contributed by atoms with Crippen LogP contribution in [0.2, 0.25) is 0 Å². The first kappa shape index (κ1) is 17.4. The second-order valence-corrected chi connectivity index (χ2v) is 6.23. The molecular weight excluding hydrogens is 355 g/mol. The van der Waals surface area contributed by atoms with Crippen molar-refractivity contribution in [3.05, 3.63) is 33.8 Å². The molecule has 20 heavy (non-hydrogen) atoms. The Morgan fingerprint density at radius 3 is 2.65 bits per heavy atom. The van der Waals surface area contributed by atoms with Gasteiger partial charge in [-0.15, -0.1) is 0 Å². The van der Waals surface area contributed by atoms with Gasteiger partial charge in [-0.05, 0) is 52.1 Å². The van der Waals surface area contributed by atoms with Crippen LogP contribution in [0.4, 0.5) is 13.2 Å². The summed E-state index contributed by atoms with van der Waals surface area (Å²) in [5, 5.41) is 2.65. The lowest BCUT2D eigenvalue weighted by Crippen LogP contribution is -2.29. The van der Waals surface area contributed by atoms with Crippen LogP contribution < -0.4 is 5.32 Å². The molecule has 0 aliphatic heterocycles. The Morgan fingerprint density at radius 2 is 2.10 bits per heavy atom. The molecule has 0 spiro atoms. The van der Waals surface area contributed by atoms with E-state index >= 15 is 0 Å². The minimum absolute atomic E-state index is 0.00354. The fourth-order valence-corrected chi connectivity index (χ4v) is 2.69. The zero-order chi connectivity index (χ0) is 15.3. The molecule has 7 heteroatoms. The van der Waals surface area contributed by atoms with Crippen LogP contribution in [0.1, 0.15) is 22.8 Å². The standard InChI is InChI=1S/C13H15BrF3NOS/c1-8(7-20-2)6-18-12(19)10-5-9(13(15,16)17)3-4-11(10)14/h3-5,8H,6-7H2,1-2H3,(H,18,19). The highest BCUT2D eigenvalue weighted by Gasteiger charge is 2.31. The third kappa shape index (κ3) is 5.01. The lowest BCUT2D eigenvalue weighted by molar-refractivity contribution is -0.137. The van der Waals surface area contributed by atoms with E-state index in [0.29, 0.717) is 11.0 Å². The Balaban J connectivity index is 2.82. The van der Waals surface area contributed by atoms with Crippen molar-refractivity contribution in [1.82, 2.24) is 5.32 Å². The summed E-state index contributed by atoms with van der Waals surface area (Å²) in [6, 6.07) is 3.04. The molecule has 2 nitrogen and oxygen atoms in total. The molecule has 1 rings (SSSR count). The molecule has 0 heterocycles. The number of halogens is 4. The molecule has 1 amide bonds. The van der Waals surface area contributed by atoms with Crippen molar-refractivity contribution in [2.45, 2.75) is 13.1 Å². The fraction of sp³-hybridized carbons (Fsp3) is 0.462. The fourth-order valence-electron chi connectivity index (χ4n) is 1.58. The molecule has 1 aromatic carbocycles. The topological polar surface area (TPSA) is 29.1 Å². The van der Waals surface area contributed by atoms with Crippen molar-refractivity contribution in [1.29, 1.82) is 0 Å². The van der Waals surface area contributed by atoms with Crippen LogP contribution in [0.15, 0.2) is 22.7 Å².